The number of nitrogens with zero attached hydrogens (tertiary/aromatic N) is 3. The number of hydrogen-bond donors (Lipinski definition) is 0. The van der Waals surface area contributed by atoms with Gasteiger partial charge in [-0.3, -0.25) is 0 Å². The van der Waals surface area contributed by atoms with E-state index in [1.807, 2.05) is 20.8 Å². The molecule has 1 aliphatic rings. The number of nitriles is 1. The van der Waals surface area contributed by atoms with E-state index >= 15 is 0 Å². The molecule has 1 rings (SSSR count). The Morgan fingerprint density at radius 3 is 2.24 bits per heavy atom. The molecule has 3 nitrogen and oxygen atoms in total. The molecule has 0 aromatic carbocycles. The van der Waals surface area contributed by atoms with Gasteiger partial charge < -0.3 is 0 Å². The summed E-state index contributed by atoms with van der Waals surface area (Å²) >= 11 is 0. The van der Waals surface area contributed by atoms with Crippen molar-refractivity contribution in [3.63, 3.8) is 0 Å². The van der Waals surface area contributed by atoms with Gasteiger partial charge in [0, 0.05) is 0 Å². The zero-order chi connectivity index (χ0) is 13.3. The summed E-state index contributed by atoms with van der Waals surface area (Å²) < 4.78 is 0. The first-order chi connectivity index (χ1) is 7.58. The molecule has 3 heteroatoms. The standard InChI is InChI=1S/C14H25N3/c1-11-7-13(5,6)9-14(8-11,10-15)17-16-12(2,3)4/h11H,7-9H2,1-6H3. The van der Waals surface area contributed by atoms with E-state index in [1.165, 1.54) is 6.42 Å². The molecule has 0 radical (unpaired) electrons. The first kappa shape index (κ1) is 14.2. The van der Waals surface area contributed by atoms with E-state index in [9.17, 15) is 5.26 Å². The van der Waals surface area contributed by atoms with Crippen LogP contribution in [-0.2, 0) is 0 Å². The van der Waals surface area contributed by atoms with Crippen molar-refractivity contribution in [1.82, 2.24) is 0 Å². The average molecular weight is 235 g/mol. The van der Waals surface area contributed by atoms with Gasteiger partial charge in [0.25, 0.3) is 0 Å². The van der Waals surface area contributed by atoms with Crippen molar-refractivity contribution in [2.24, 2.45) is 21.6 Å². The summed E-state index contributed by atoms with van der Waals surface area (Å²) in [6.45, 7) is 12.7. The van der Waals surface area contributed by atoms with E-state index in [-0.39, 0.29) is 11.0 Å². The van der Waals surface area contributed by atoms with Gasteiger partial charge in [-0.1, -0.05) is 20.8 Å². The maximum atomic E-state index is 9.48. The van der Waals surface area contributed by atoms with Crippen molar-refractivity contribution in [1.29, 1.82) is 5.26 Å². The zero-order valence-electron chi connectivity index (χ0n) is 12.0. The van der Waals surface area contributed by atoms with Crippen LogP contribution < -0.4 is 0 Å². The van der Waals surface area contributed by atoms with Crippen molar-refractivity contribution in [3.8, 4) is 6.07 Å². The van der Waals surface area contributed by atoms with E-state index in [0.717, 1.165) is 12.8 Å². The van der Waals surface area contributed by atoms with Crippen LogP contribution in [0, 0.1) is 22.7 Å². The molecule has 0 heterocycles. The Hall–Kier alpha value is -0.910. The molecule has 0 aromatic rings. The summed E-state index contributed by atoms with van der Waals surface area (Å²) in [5.74, 6) is 0.539. The van der Waals surface area contributed by atoms with Crippen LogP contribution in [0.3, 0.4) is 0 Å². The van der Waals surface area contributed by atoms with Gasteiger partial charge in [-0.2, -0.15) is 15.5 Å². The molecular formula is C14H25N3. The normalized spacial score (nSPS) is 33.6. The van der Waals surface area contributed by atoms with Gasteiger partial charge in [0.15, 0.2) is 5.54 Å². The summed E-state index contributed by atoms with van der Waals surface area (Å²) in [6.07, 6.45) is 2.83. The summed E-state index contributed by atoms with van der Waals surface area (Å²) in [6, 6.07) is 2.42. The highest BCUT2D eigenvalue weighted by molar-refractivity contribution is 5.12. The summed E-state index contributed by atoms with van der Waals surface area (Å²) in [5, 5.41) is 18.2. The van der Waals surface area contributed by atoms with Crippen molar-refractivity contribution in [2.45, 2.75) is 71.9 Å². The molecule has 17 heavy (non-hydrogen) atoms. The minimum atomic E-state index is -0.603. The Morgan fingerprint density at radius 2 is 1.82 bits per heavy atom. The molecule has 1 aliphatic carbocycles. The molecule has 0 bridgehead atoms. The minimum absolute atomic E-state index is 0.185. The Balaban J connectivity index is 2.97. The summed E-state index contributed by atoms with van der Waals surface area (Å²) in [5.41, 5.74) is -0.618. The first-order valence-corrected chi connectivity index (χ1v) is 6.43. The SMILES string of the molecule is CC1CC(C)(C)CC(C#N)(N=NC(C)(C)C)C1. The van der Waals surface area contributed by atoms with E-state index in [2.05, 4.69) is 37.1 Å². The van der Waals surface area contributed by atoms with Crippen LogP contribution in [-0.4, -0.2) is 11.1 Å². The highest BCUT2D eigenvalue weighted by Gasteiger charge is 2.43. The van der Waals surface area contributed by atoms with Gasteiger partial charge in [0.2, 0.25) is 0 Å². The minimum Gasteiger partial charge on any atom is -0.196 e. The molecule has 0 spiro atoms. The fourth-order valence-corrected chi connectivity index (χ4v) is 2.96. The van der Waals surface area contributed by atoms with Gasteiger partial charge >= 0.3 is 0 Å². The lowest BCUT2D eigenvalue weighted by molar-refractivity contribution is 0.133. The second-order valence-electron chi connectivity index (χ2n) is 7.37. The van der Waals surface area contributed by atoms with Crippen LogP contribution in [0.1, 0.15) is 60.8 Å². The van der Waals surface area contributed by atoms with Gasteiger partial charge in [0.1, 0.15) is 0 Å². The molecule has 1 fully saturated rings. The molecule has 0 aromatic heterocycles. The monoisotopic (exact) mass is 235 g/mol. The Bertz CT molecular complexity index is 343. The molecule has 0 aliphatic heterocycles. The van der Waals surface area contributed by atoms with Crippen LogP contribution in [0.25, 0.3) is 0 Å². The van der Waals surface area contributed by atoms with Gasteiger partial charge in [0.05, 0.1) is 11.6 Å². The van der Waals surface area contributed by atoms with Crippen molar-refractivity contribution >= 4 is 0 Å². The third-order valence-corrected chi connectivity index (χ3v) is 3.11. The quantitative estimate of drug-likeness (QED) is 0.623. The lowest BCUT2D eigenvalue weighted by Crippen LogP contribution is -2.39. The maximum absolute atomic E-state index is 9.48. The van der Waals surface area contributed by atoms with Gasteiger partial charge in [-0.25, -0.2) is 0 Å². The second-order valence-corrected chi connectivity index (χ2v) is 7.37. The number of azo groups is 1. The third kappa shape index (κ3) is 4.11. The predicted molar refractivity (Wildman–Crippen MR) is 69.7 cm³/mol. The summed E-state index contributed by atoms with van der Waals surface area (Å²) in [7, 11) is 0. The van der Waals surface area contributed by atoms with E-state index in [1.54, 1.807) is 0 Å². The molecule has 96 valence electrons. The topological polar surface area (TPSA) is 48.5 Å². The fourth-order valence-electron chi connectivity index (χ4n) is 2.96. The largest absolute Gasteiger partial charge is 0.196 e. The average Bonchev–Trinajstić information content (AvgIpc) is 2.10. The third-order valence-electron chi connectivity index (χ3n) is 3.11. The second kappa shape index (κ2) is 4.40. The highest BCUT2D eigenvalue weighted by atomic mass is 15.2. The van der Waals surface area contributed by atoms with Gasteiger partial charge in [-0.05, 0) is 51.4 Å². The van der Waals surface area contributed by atoms with Crippen molar-refractivity contribution < 1.29 is 0 Å². The van der Waals surface area contributed by atoms with E-state index in [0.29, 0.717) is 5.92 Å². The predicted octanol–water partition coefficient (Wildman–Crippen LogP) is 4.35. The maximum Gasteiger partial charge on any atom is 0.168 e. The molecule has 0 N–H and O–H groups in total. The smallest absolute Gasteiger partial charge is 0.168 e. The van der Waals surface area contributed by atoms with Crippen LogP contribution in [0.5, 0.6) is 0 Å². The fraction of sp³-hybridized carbons (Fsp3) is 0.929. The Labute approximate surface area is 105 Å². The number of rotatable bonds is 1. The molecule has 2 atom stereocenters. The van der Waals surface area contributed by atoms with Crippen molar-refractivity contribution in [2.75, 3.05) is 0 Å². The van der Waals surface area contributed by atoms with Crippen LogP contribution in [0.15, 0.2) is 10.2 Å². The zero-order valence-corrected chi connectivity index (χ0v) is 12.0. The molecule has 2 unspecified atom stereocenters. The Kier molecular flexibility index (Phi) is 3.66. The van der Waals surface area contributed by atoms with E-state index < -0.39 is 5.54 Å². The lowest BCUT2D eigenvalue weighted by Gasteiger charge is -2.41. The van der Waals surface area contributed by atoms with Crippen molar-refractivity contribution in [3.05, 3.63) is 0 Å². The lowest BCUT2D eigenvalue weighted by atomic mass is 9.65. The molecule has 1 saturated carbocycles. The van der Waals surface area contributed by atoms with Gasteiger partial charge in [-0.15, -0.1) is 0 Å². The van der Waals surface area contributed by atoms with Crippen LogP contribution >= 0.6 is 0 Å². The summed E-state index contributed by atoms with van der Waals surface area (Å²) in [4.78, 5) is 0. The van der Waals surface area contributed by atoms with E-state index in [4.69, 9.17) is 0 Å². The molecule has 0 amide bonds. The van der Waals surface area contributed by atoms with Crippen LogP contribution in [0.2, 0.25) is 0 Å². The molecule has 0 saturated heterocycles. The molecular weight excluding hydrogens is 210 g/mol. The number of hydrogen-bond acceptors (Lipinski definition) is 3. The highest BCUT2D eigenvalue weighted by Crippen LogP contribution is 2.45. The Morgan fingerprint density at radius 1 is 1.24 bits per heavy atom. The van der Waals surface area contributed by atoms with Crippen LogP contribution in [0.4, 0.5) is 0 Å². The first-order valence-electron chi connectivity index (χ1n) is 6.43.